The summed E-state index contributed by atoms with van der Waals surface area (Å²) in [6.45, 7) is 2.19. The normalized spacial score (nSPS) is 19.7. The molecule has 3 heteroatoms. The molecule has 2 aromatic heterocycles. The number of aromatic nitrogens is 2. The summed E-state index contributed by atoms with van der Waals surface area (Å²) in [5, 5.41) is 3.69. The lowest BCUT2D eigenvalue weighted by Crippen LogP contribution is -2.28. The van der Waals surface area contributed by atoms with E-state index in [1.807, 2.05) is 30.7 Å². The zero-order chi connectivity index (χ0) is 13.1. The smallest absolute Gasteiger partial charge is 0.0605 e. The van der Waals surface area contributed by atoms with Crippen LogP contribution in [0.1, 0.15) is 48.7 Å². The first-order valence-electron chi connectivity index (χ1n) is 6.94. The maximum absolute atomic E-state index is 4.57. The maximum Gasteiger partial charge on any atom is 0.0605 e. The van der Waals surface area contributed by atoms with Crippen LogP contribution in [0, 0.1) is 0 Å². The predicted octanol–water partition coefficient (Wildman–Crippen LogP) is 3.20. The highest BCUT2D eigenvalue weighted by molar-refractivity contribution is 5.26. The van der Waals surface area contributed by atoms with Crippen LogP contribution >= 0.6 is 0 Å². The zero-order valence-corrected chi connectivity index (χ0v) is 11.2. The van der Waals surface area contributed by atoms with Crippen molar-refractivity contribution in [2.45, 2.75) is 38.3 Å². The van der Waals surface area contributed by atoms with Crippen LogP contribution in [-0.4, -0.2) is 9.97 Å². The van der Waals surface area contributed by atoms with E-state index in [1.54, 1.807) is 0 Å². The molecule has 3 rings (SSSR count). The fourth-order valence-corrected chi connectivity index (χ4v) is 2.80. The SMILES string of the molecule is C[C@H](NC1CCCc2cccnc21)c1cccnc1. The summed E-state index contributed by atoms with van der Waals surface area (Å²) < 4.78 is 0. The molecule has 2 aromatic rings. The molecule has 1 aliphatic carbocycles. The van der Waals surface area contributed by atoms with Crippen LogP contribution in [0.4, 0.5) is 0 Å². The summed E-state index contributed by atoms with van der Waals surface area (Å²) in [6, 6.07) is 9.00. The lowest BCUT2D eigenvalue weighted by atomic mass is 9.91. The molecule has 0 amide bonds. The van der Waals surface area contributed by atoms with Crippen molar-refractivity contribution >= 4 is 0 Å². The van der Waals surface area contributed by atoms with E-state index in [9.17, 15) is 0 Å². The van der Waals surface area contributed by atoms with E-state index in [-0.39, 0.29) is 0 Å². The molecule has 0 spiro atoms. The van der Waals surface area contributed by atoms with E-state index in [4.69, 9.17) is 0 Å². The van der Waals surface area contributed by atoms with Crippen molar-refractivity contribution in [2.24, 2.45) is 0 Å². The van der Waals surface area contributed by atoms with Gasteiger partial charge in [-0.05, 0) is 49.4 Å². The molecular weight excluding hydrogens is 234 g/mol. The zero-order valence-electron chi connectivity index (χ0n) is 11.2. The van der Waals surface area contributed by atoms with Crippen molar-refractivity contribution in [3.8, 4) is 0 Å². The topological polar surface area (TPSA) is 37.8 Å². The third kappa shape index (κ3) is 2.66. The number of nitrogens with zero attached hydrogens (tertiary/aromatic N) is 2. The van der Waals surface area contributed by atoms with Gasteiger partial charge in [-0.1, -0.05) is 12.1 Å². The molecule has 0 bridgehead atoms. The van der Waals surface area contributed by atoms with Gasteiger partial charge in [0.25, 0.3) is 0 Å². The van der Waals surface area contributed by atoms with Gasteiger partial charge >= 0.3 is 0 Å². The van der Waals surface area contributed by atoms with Crippen molar-refractivity contribution in [3.63, 3.8) is 0 Å². The number of hydrogen-bond acceptors (Lipinski definition) is 3. The first-order chi connectivity index (χ1) is 9.34. The Morgan fingerprint density at radius 1 is 1.26 bits per heavy atom. The predicted molar refractivity (Wildman–Crippen MR) is 75.7 cm³/mol. The summed E-state index contributed by atoms with van der Waals surface area (Å²) in [5.41, 5.74) is 3.85. The molecule has 98 valence electrons. The van der Waals surface area contributed by atoms with Crippen LogP contribution in [0.3, 0.4) is 0 Å². The minimum atomic E-state index is 0.298. The van der Waals surface area contributed by atoms with Gasteiger partial charge in [-0.2, -0.15) is 0 Å². The summed E-state index contributed by atoms with van der Waals surface area (Å²) in [7, 11) is 0. The van der Waals surface area contributed by atoms with Crippen LogP contribution in [0.25, 0.3) is 0 Å². The highest BCUT2D eigenvalue weighted by atomic mass is 15.0. The highest BCUT2D eigenvalue weighted by Crippen LogP contribution is 2.29. The first-order valence-corrected chi connectivity index (χ1v) is 6.94. The highest BCUT2D eigenvalue weighted by Gasteiger charge is 2.22. The Hall–Kier alpha value is -1.74. The Kier molecular flexibility index (Phi) is 3.56. The Morgan fingerprint density at radius 3 is 3.00 bits per heavy atom. The third-order valence-corrected chi connectivity index (χ3v) is 3.83. The van der Waals surface area contributed by atoms with E-state index in [1.165, 1.54) is 23.2 Å². The molecule has 0 radical (unpaired) electrons. The molecule has 19 heavy (non-hydrogen) atoms. The van der Waals surface area contributed by atoms with Crippen molar-refractivity contribution in [1.82, 2.24) is 15.3 Å². The minimum absolute atomic E-state index is 0.298. The molecule has 3 nitrogen and oxygen atoms in total. The molecule has 2 heterocycles. The summed E-state index contributed by atoms with van der Waals surface area (Å²) in [6.07, 6.45) is 9.19. The van der Waals surface area contributed by atoms with Gasteiger partial charge in [-0.25, -0.2) is 0 Å². The average molecular weight is 253 g/mol. The van der Waals surface area contributed by atoms with Crippen LogP contribution in [0.15, 0.2) is 42.9 Å². The second-order valence-corrected chi connectivity index (χ2v) is 5.17. The Morgan fingerprint density at radius 2 is 2.16 bits per heavy atom. The number of pyridine rings is 2. The maximum atomic E-state index is 4.57. The number of nitrogens with one attached hydrogen (secondary N) is 1. The van der Waals surface area contributed by atoms with Gasteiger partial charge in [0.2, 0.25) is 0 Å². The van der Waals surface area contributed by atoms with Crippen LogP contribution in [-0.2, 0) is 6.42 Å². The fourth-order valence-electron chi connectivity index (χ4n) is 2.80. The molecule has 0 aliphatic heterocycles. The molecule has 0 aromatic carbocycles. The molecule has 1 aliphatic rings. The van der Waals surface area contributed by atoms with Gasteiger partial charge in [0.05, 0.1) is 11.7 Å². The molecule has 0 saturated carbocycles. The van der Waals surface area contributed by atoms with E-state index in [2.05, 4.69) is 34.3 Å². The Balaban J connectivity index is 1.78. The molecular formula is C16H19N3. The number of hydrogen-bond donors (Lipinski definition) is 1. The van der Waals surface area contributed by atoms with E-state index in [0.29, 0.717) is 12.1 Å². The van der Waals surface area contributed by atoms with Gasteiger partial charge in [-0.3, -0.25) is 9.97 Å². The lowest BCUT2D eigenvalue weighted by molar-refractivity contribution is 0.406. The van der Waals surface area contributed by atoms with Gasteiger partial charge < -0.3 is 5.32 Å². The van der Waals surface area contributed by atoms with Gasteiger partial charge in [0.15, 0.2) is 0 Å². The standard InChI is InChI=1S/C16H19N3/c1-12(14-7-3-9-17-11-14)19-15-8-2-5-13-6-4-10-18-16(13)15/h3-4,6-7,9-12,15,19H,2,5,8H2,1H3/t12-,15?/m0/s1. The molecule has 0 saturated heterocycles. The Bertz CT molecular complexity index is 539. The third-order valence-electron chi connectivity index (χ3n) is 3.83. The minimum Gasteiger partial charge on any atom is -0.302 e. The molecule has 0 fully saturated rings. The molecule has 1 N–H and O–H groups in total. The number of rotatable bonds is 3. The van der Waals surface area contributed by atoms with Crippen LogP contribution < -0.4 is 5.32 Å². The average Bonchev–Trinajstić information content (AvgIpc) is 2.48. The van der Waals surface area contributed by atoms with Crippen LogP contribution in [0.5, 0.6) is 0 Å². The summed E-state index contributed by atoms with van der Waals surface area (Å²) in [5.74, 6) is 0. The Labute approximate surface area is 114 Å². The number of aryl methyl sites for hydroxylation is 1. The van der Waals surface area contributed by atoms with Crippen molar-refractivity contribution in [1.29, 1.82) is 0 Å². The van der Waals surface area contributed by atoms with E-state index in [0.717, 1.165) is 12.8 Å². The van der Waals surface area contributed by atoms with Gasteiger partial charge in [0.1, 0.15) is 0 Å². The van der Waals surface area contributed by atoms with Crippen molar-refractivity contribution in [2.75, 3.05) is 0 Å². The summed E-state index contributed by atoms with van der Waals surface area (Å²) >= 11 is 0. The lowest BCUT2D eigenvalue weighted by Gasteiger charge is -2.28. The monoisotopic (exact) mass is 253 g/mol. The van der Waals surface area contributed by atoms with E-state index < -0.39 is 0 Å². The van der Waals surface area contributed by atoms with Gasteiger partial charge in [-0.15, -0.1) is 0 Å². The van der Waals surface area contributed by atoms with Crippen molar-refractivity contribution in [3.05, 3.63) is 59.7 Å². The van der Waals surface area contributed by atoms with Crippen LogP contribution in [0.2, 0.25) is 0 Å². The quantitative estimate of drug-likeness (QED) is 0.912. The first kappa shape index (κ1) is 12.3. The number of fused-ring (bicyclic) bond motifs is 1. The molecule has 2 atom stereocenters. The van der Waals surface area contributed by atoms with Gasteiger partial charge in [0, 0.05) is 24.6 Å². The second kappa shape index (κ2) is 5.49. The van der Waals surface area contributed by atoms with E-state index >= 15 is 0 Å². The summed E-state index contributed by atoms with van der Waals surface area (Å²) in [4.78, 5) is 8.76. The largest absolute Gasteiger partial charge is 0.302 e. The molecule has 1 unspecified atom stereocenters. The fraction of sp³-hybridized carbons (Fsp3) is 0.375. The second-order valence-electron chi connectivity index (χ2n) is 5.17. The van der Waals surface area contributed by atoms with Crippen molar-refractivity contribution < 1.29 is 0 Å².